The monoisotopic (exact) mass is 496 g/mol. The van der Waals surface area contributed by atoms with Crippen molar-refractivity contribution < 1.29 is 54.8 Å². The molecule has 4 aliphatic carbocycles. The summed E-state index contributed by atoms with van der Waals surface area (Å²) in [6.45, 7) is 13.0. The number of hydrogen-bond donors (Lipinski definition) is 3. The maximum absolute atomic E-state index is 12.2. The summed E-state index contributed by atoms with van der Waals surface area (Å²) >= 11 is 0. The first-order chi connectivity index (χ1) is 15.8. The van der Waals surface area contributed by atoms with Crippen molar-refractivity contribution in [3.63, 3.8) is 0 Å². The number of allylic oxidation sites excluding steroid dienone is 2. The number of fused-ring (bicyclic) bond motifs is 5. The van der Waals surface area contributed by atoms with Crippen LogP contribution in [-0.2, 0) is 4.79 Å². The van der Waals surface area contributed by atoms with Crippen LogP contribution in [0.15, 0.2) is 22.8 Å². The SMILES string of the molecule is CC(C)=CCCC(C(=O)[O-])=C1[C@@H](O)C[C@@]2(C)[C@H]1CC(O)[C@H]1[C@@]3(C)CCC(O)[C@@H](C)[C@@H]3CC[C@@]12C.[Na+]. The summed E-state index contributed by atoms with van der Waals surface area (Å²) in [5.41, 5.74) is 1.40. The van der Waals surface area contributed by atoms with Gasteiger partial charge in [0.15, 0.2) is 0 Å². The minimum absolute atomic E-state index is 0. The Morgan fingerprint density at radius 3 is 2.31 bits per heavy atom. The van der Waals surface area contributed by atoms with Crippen LogP contribution in [0.4, 0.5) is 0 Å². The zero-order chi connectivity index (χ0) is 25.2. The Labute approximate surface area is 233 Å². The summed E-state index contributed by atoms with van der Waals surface area (Å²) in [4.78, 5) is 12.2. The van der Waals surface area contributed by atoms with Crippen molar-refractivity contribution in [3.05, 3.63) is 22.8 Å². The second-order valence-electron chi connectivity index (χ2n) is 13.0. The van der Waals surface area contributed by atoms with Crippen molar-refractivity contribution in [2.24, 2.45) is 39.9 Å². The van der Waals surface area contributed by atoms with E-state index in [1.165, 1.54) is 0 Å². The van der Waals surface area contributed by atoms with Crippen LogP contribution in [0.25, 0.3) is 0 Å². The first kappa shape index (κ1) is 29.4. The predicted molar refractivity (Wildman–Crippen MR) is 130 cm³/mol. The quantitative estimate of drug-likeness (QED) is 0.303. The van der Waals surface area contributed by atoms with E-state index in [2.05, 4.69) is 27.7 Å². The molecule has 0 aliphatic heterocycles. The van der Waals surface area contributed by atoms with E-state index in [0.717, 1.165) is 31.3 Å². The standard InChI is InChI=1S/C29H46O5.Na/c1-16(2)8-7-9-18(26(33)34)24-20-14-22(31)25-27(4)12-11-21(30)17(3)19(27)10-13-28(25,5)29(20,6)15-23(24)32;/h8,17,19-23,25,30-32H,7,9-15H2,1-6H3,(H,33,34);/q;+1/p-1/t17-,19-,20-,21?,22?,23-,25-,27-,28-,29-;/m0./s1. The molecule has 35 heavy (non-hydrogen) atoms. The zero-order valence-corrected chi connectivity index (χ0v) is 24.9. The molecular formula is C29H45NaO5. The van der Waals surface area contributed by atoms with E-state index in [1.54, 1.807) is 0 Å². The Morgan fingerprint density at radius 1 is 1.06 bits per heavy atom. The van der Waals surface area contributed by atoms with Crippen molar-refractivity contribution in [2.75, 3.05) is 0 Å². The van der Waals surface area contributed by atoms with Gasteiger partial charge >= 0.3 is 29.6 Å². The average molecular weight is 497 g/mol. The van der Waals surface area contributed by atoms with Crippen LogP contribution in [0.3, 0.4) is 0 Å². The number of carbonyl (C=O) groups is 1. The Hall–Kier alpha value is -0.170. The van der Waals surface area contributed by atoms with E-state index in [1.807, 2.05) is 19.9 Å². The van der Waals surface area contributed by atoms with Crippen molar-refractivity contribution >= 4 is 5.97 Å². The van der Waals surface area contributed by atoms with Crippen LogP contribution in [0.1, 0.15) is 92.9 Å². The normalized spacial score (nSPS) is 48.1. The molecular weight excluding hydrogens is 451 g/mol. The molecule has 0 aromatic rings. The fraction of sp³-hybridized carbons (Fsp3) is 0.828. The Morgan fingerprint density at radius 2 is 1.71 bits per heavy atom. The molecule has 0 heterocycles. The predicted octanol–water partition coefficient (Wildman–Crippen LogP) is 0.765. The molecule has 4 rings (SSSR count). The molecule has 4 fully saturated rings. The fourth-order valence-corrected chi connectivity index (χ4v) is 9.50. The fourth-order valence-electron chi connectivity index (χ4n) is 9.50. The second kappa shape index (κ2) is 10.2. The summed E-state index contributed by atoms with van der Waals surface area (Å²) < 4.78 is 0. The number of carbonyl (C=O) groups excluding carboxylic acids is 1. The Bertz CT molecular complexity index is 894. The van der Waals surface area contributed by atoms with Gasteiger partial charge in [0, 0.05) is 0 Å². The number of rotatable bonds is 4. The van der Waals surface area contributed by atoms with Crippen LogP contribution in [0.2, 0.25) is 0 Å². The van der Waals surface area contributed by atoms with Crippen LogP contribution in [-0.4, -0.2) is 39.6 Å². The van der Waals surface area contributed by atoms with E-state index >= 15 is 0 Å². The summed E-state index contributed by atoms with van der Waals surface area (Å²) in [5.74, 6) is -0.699. The summed E-state index contributed by atoms with van der Waals surface area (Å²) in [6, 6.07) is 0. The first-order valence-corrected chi connectivity index (χ1v) is 13.4. The second-order valence-corrected chi connectivity index (χ2v) is 13.0. The Balaban J connectivity index is 0.00000342. The van der Waals surface area contributed by atoms with Crippen LogP contribution < -0.4 is 34.7 Å². The number of aliphatic hydroxyl groups excluding tert-OH is 3. The van der Waals surface area contributed by atoms with Gasteiger partial charge in [-0.2, -0.15) is 0 Å². The molecule has 2 unspecified atom stereocenters. The molecule has 0 aromatic carbocycles. The number of carboxylic acid groups (broad SMARTS) is 1. The van der Waals surface area contributed by atoms with E-state index in [4.69, 9.17) is 0 Å². The van der Waals surface area contributed by atoms with Crippen molar-refractivity contribution in [1.82, 2.24) is 0 Å². The third-order valence-electron chi connectivity index (χ3n) is 11.3. The van der Waals surface area contributed by atoms with Crippen molar-refractivity contribution in [2.45, 2.75) is 111 Å². The topological polar surface area (TPSA) is 101 Å². The number of aliphatic hydroxyl groups is 3. The smallest absolute Gasteiger partial charge is 0.545 e. The van der Waals surface area contributed by atoms with Gasteiger partial charge in [-0.25, -0.2) is 0 Å². The molecule has 0 aromatic heterocycles. The molecule has 0 spiro atoms. The largest absolute Gasteiger partial charge is 1.00 e. The number of carboxylic acids is 1. The van der Waals surface area contributed by atoms with Crippen molar-refractivity contribution in [3.8, 4) is 0 Å². The van der Waals surface area contributed by atoms with Gasteiger partial charge < -0.3 is 25.2 Å². The summed E-state index contributed by atoms with van der Waals surface area (Å²) in [6.07, 6.45) is 5.95. The van der Waals surface area contributed by atoms with E-state index in [9.17, 15) is 25.2 Å². The molecule has 192 valence electrons. The van der Waals surface area contributed by atoms with Gasteiger partial charge in [0.1, 0.15) is 0 Å². The van der Waals surface area contributed by atoms with Gasteiger partial charge in [-0.05, 0) is 116 Å². The third kappa shape index (κ3) is 4.44. The third-order valence-corrected chi connectivity index (χ3v) is 11.3. The maximum atomic E-state index is 12.2. The Kier molecular flexibility index (Phi) is 8.55. The van der Waals surface area contributed by atoms with Gasteiger partial charge in [-0.15, -0.1) is 0 Å². The molecule has 6 heteroatoms. The molecule has 0 radical (unpaired) electrons. The molecule has 4 aliphatic rings. The van der Waals surface area contributed by atoms with Gasteiger partial charge in [-0.1, -0.05) is 39.3 Å². The van der Waals surface area contributed by atoms with Gasteiger partial charge in [-0.3, -0.25) is 0 Å². The maximum Gasteiger partial charge on any atom is 1.00 e. The van der Waals surface area contributed by atoms with Gasteiger partial charge in [0.25, 0.3) is 0 Å². The minimum Gasteiger partial charge on any atom is -0.545 e. The molecule has 10 atom stereocenters. The molecule has 0 saturated heterocycles. The average Bonchev–Trinajstić information content (AvgIpc) is 2.99. The van der Waals surface area contributed by atoms with Crippen LogP contribution in [0, 0.1) is 39.9 Å². The van der Waals surface area contributed by atoms with E-state index in [-0.39, 0.29) is 75.2 Å². The molecule has 0 bridgehead atoms. The van der Waals surface area contributed by atoms with Gasteiger partial charge in [0.2, 0.25) is 0 Å². The summed E-state index contributed by atoms with van der Waals surface area (Å²) in [5, 5.41) is 45.8. The van der Waals surface area contributed by atoms with E-state index < -0.39 is 18.2 Å². The summed E-state index contributed by atoms with van der Waals surface area (Å²) in [7, 11) is 0. The zero-order valence-electron chi connectivity index (χ0n) is 22.9. The molecule has 0 amide bonds. The molecule has 4 saturated carbocycles. The minimum atomic E-state index is -1.19. The number of aliphatic carboxylic acids is 1. The van der Waals surface area contributed by atoms with Crippen LogP contribution in [0.5, 0.6) is 0 Å². The number of hydrogen-bond acceptors (Lipinski definition) is 5. The van der Waals surface area contributed by atoms with Crippen molar-refractivity contribution in [1.29, 1.82) is 0 Å². The van der Waals surface area contributed by atoms with Gasteiger partial charge in [0.05, 0.1) is 24.3 Å². The first-order valence-electron chi connectivity index (χ1n) is 13.4. The van der Waals surface area contributed by atoms with E-state index in [0.29, 0.717) is 37.2 Å². The molecule has 3 N–H and O–H groups in total. The molecule has 5 nitrogen and oxygen atoms in total. The van der Waals surface area contributed by atoms with Crippen LogP contribution >= 0.6 is 0 Å².